The van der Waals surface area contributed by atoms with Gasteiger partial charge in [0.2, 0.25) is 5.91 Å². The number of primary amides is 1. The fraction of sp³-hybridized carbons (Fsp3) is 0.417. The molecule has 0 saturated heterocycles. The van der Waals surface area contributed by atoms with Crippen molar-refractivity contribution in [2.45, 2.75) is 24.8 Å². The summed E-state index contributed by atoms with van der Waals surface area (Å²) < 4.78 is 0.830. The van der Waals surface area contributed by atoms with Crippen LogP contribution in [-0.4, -0.2) is 18.0 Å². The molecule has 1 amide bonds. The molecule has 0 bridgehead atoms. The van der Waals surface area contributed by atoms with Gasteiger partial charge in [-0.3, -0.25) is 4.79 Å². The van der Waals surface area contributed by atoms with Crippen molar-refractivity contribution in [3.8, 4) is 0 Å². The molecule has 17 heavy (non-hydrogen) atoms. The van der Waals surface area contributed by atoms with Crippen LogP contribution < -0.4 is 16.8 Å². The first-order chi connectivity index (χ1) is 8.00. The number of anilines is 1. The van der Waals surface area contributed by atoms with Gasteiger partial charge in [-0.1, -0.05) is 0 Å². The van der Waals surface area contributed by atoms with E-state index in [1.807, 2.05) is 6.07 Å². The van der Waals surface area contributed by atoms with E-state index >= 15 is 0 Å². The molecule has 0 aromatic heterocycles. The Labute approximate surface area is 109 Å². The second-order valence-corrected chi connectivity index (χ2v) is 5.48. The predicted octanol–water partition coefficient (Wildman–Crippen LogP) is 1.84. The molecular formula is C12H16BrN3O. The van der Waals surface area contributed by atoms with Crippen molar-refractivity contribution in [3.63, 3.8) is 0 Å². The molecule has 1 aromatic carbocycles. The highest BCUT2D eigenvalue weighted by atomic mass is 79.9. The Morgan fingerprint density at radius 1 is 1.47 bits per heavy atom. The number of hydrogen-bond acceptors (Lipinski definition) is 3. The van der Waals surface area contributed by atoms with E-state index in [4.69, 9.17) is 11.5 Å². The third kappa shape index (κ3) is 2.79. The molecule has 2 rings (SSSR count). The summed E-state index contributed by atoms with van der Waals surface area (Å²) in [6.07, 6.45) is 3.34. The number of nitrogens with two attached hydrogens (primary N) is 2. The van der Waals surface area contributed by atoms with Crippen molar-refractivity contribution in [3.05, 3.63) is 28.2 Å². The molecule has 92 valence electrons. The zero-order chi connectivity index (χ0) is 12.5. The maximum Gasteiger partial charge on any atom is 0.248 e. The van der Waals surface area contributed by atoms with Crippen LogP contribution >= 0.6 is 15.9 Å². The third-order valence-corrected chi connectivity index (χ3v) is 3.89. The van der Waals surface area contributed by atoms with E-state index in [0.29, 0.717) is 5.56 Å². The first kappa shape index (κ1) is 12.4. The largest absolute Gasteiger partial charge is 0.382 e. The van der Waals surface area contributed by atoms with Crippen molar-refractivity contribution in [2.24, 2.45) is 11.5 Å². The van der Waals surface area contributed by atoms with E-state index in [1.54, 1.807) is 12.1 Å². The maximum absolute atomic E-state index is 11.0. The molecule has 0 unspecified atom stereocenters. The van der Waals surface area contributed by atoms with Gasteiger partial charge in [-0.15, -0.1) is 0 Å². The first-order valence-corrected chi connectivity index (χ1v) is 6.42. The average molecular weight is 298 g/mol. The van der Waals surface area contributed by atoms with Gasteiger partial charge in [0, 0.05) is 27.8 Å². The Kier molecular flexibility index (Phi) is 3.40. The van der Waals surface area contributed by atoms with Gasteiger partial charge in [-0.2, -0.15) is 0 Å². The average Bonchev–Trinajstić information content (AvgIpc) is 2.24. The number of carbonyl (C=O) groups is 1. The second kappa shape index (κ2) is 4.66. The molecule has 5 N–H and O–H groups in total. The summed E-state index contributed by atoms with van der Waals surface area (Å²) in [5, 5.41) is 3.30. The lowest BCUT2D eigenvalue weighted by atomic mass is 9.78. The summed E-state index contributed by atoms with van der Waals surface area (Å²) in [6, 6.07) is 5.26. The Morgan fingerprint density at radius 2 is 2.18 bits per heavy atom. The molecule has 1 fully saturated rings. The number of benzene rings is 1. The van der Waals surface area contributed by atoms with Crippen LogP contribution in [0.25, 0.3) is 0 Å². The van der Waals surface area contributed by atoms with Gasteiger partial charge in [0.25, 0.3) is 0 Å². The fourth-order valence-electron chi connectivity index (χ4n) is 1.89. The molecule has 0 aliphatic heterocycles. The lowest BCUT2D eigenvalue weighted by Gasteiger charge is -2.38. The molecule has 1 aromatic rings. The number of halogens is 1. The molecule has 1 aliphatic rings. The lowest BCUT2D eigenvalue weighted by molar-refractivity contribution is 0.100. The van der Waals surface area contributed by atoms with Crippen LogP contribution in [0, 0.1) is 0 Å². The van der Waals surface area contributed by atoms with Crippen molar-refractivity contribution in [2.75, 3.05) is 11.9 Å². The van der Waals surface area contributed by atoms with Crippen LogP contribution in [0.2, 0.25) is 0 Å². The van der Waals surface area contributed by atoms with E-state index in [2.05, 4.69) is 21.2 Å². The quantitative estimate of drug-likeness (QED) is 0.793. The predicted molar refractivity (Wildman–Crippen MR) is 71.9 cm³/mol. The minimum atomic E-state index is -0.425. The molecular weight excluding hydrogens is 282 g/mol. The highest BCUT2D eigenvalue weighted by molar-refractivity contribution is 9.10. The van der Waals surface area contributed by atoms with Crippen LogP contribution in [0.1, 0.15) is 29.6 Å². The minimum absolute atomic E-state index is 0.0677. The van der Waals surface area contributed by atoms with Gasteiger partial charge in [0.1, 0.15) is 0 Å². The number of nitrogens with one attached hydrogen (secondary N) is 1. The summed E-state index contributed by atoms with van der Waals surface area (Å²) in [4.78, 5) is 11.0. The molecule has 4 nitrogen and oxygen atoms in total. The van der Waals surface area contributed by atoms with Crippen molar-refractivity contribution < 1.29 is 4.79 Å². The minimum Gasteiger partial charge on any atom is -0.382 e. The Morgan fingerprint density at radius 3 is 2.65 bits per heavy atom. The van der Waals surface area contributed by atoms with Crippen LogP contribution in [0.5, 0.6) is 0 Å². The highest BCUT2D eigenvalue weighted by Crippen LogP contribution is 2.30. The molecule has 0 radical (unpaired) electrons. The first-order valence-electron chi connectivity index (χ1n) is 5.62. The van der Waals surface area contributed by atoms with E-state index in [1.165, 1.54) is 6.42 Å². The zero-order valence-electron chi connectivity index (χ0n) is 9.50. The van der Waals surface area contributed by atoms with Gasteiger partial charge in [-0.25, -0.2) is 0 Å². The van der Waals surface area contributed by atoms with Gasteiger partial charge in [0.15, 0.2) is 0 Å². The molecule has 0 spiro atoms. The fourth-order valence-corrected chi connectivity index (χ4v) is 2.41. The third-order valence-electron chi connectivity index (χ3n) is 3.23. The summed E-state index contributed by atoms with van der Waals surface area (Å²) in [6.45, 7) is 0.752. The zero-order valence-corrected chi connectivity index (χ0v) is 11.1. The van der Waals surface area contributed by atoms with Gasteiger partial charge < -0.3 is 16.8 Å². The van der Waals surface area contributed by atoms with E-state index in [0.717, 1.165) is 29.5 Å². The SMILES string of the molecule is NC(=O)c1ccc(NCC2(N)CCC2)c(Br)c1. The van der Waals surface area contributed by atoms with Crippen LogP contribution in [-0.2, 0) is 0 Å². The molecule has 1 saturated carbocycles. The van der Waals surface area contributed by atoms with Gasteiger partial charge in [0.05, 0.1) is 0 Å². The standard InChI is InChI=1S/C12H16BrN3O/c13-9-6-8(11(14)17)2-3-10(9)16-7-12(15)4-1-5-12/h2-3,6,16H,1,4-5,7,15H2,(H2,14,17). The monoisotopic (exact) mass is 297 g/mol. The van der Waals surface area contributed by atoms with Crippen LogP contribution in [0.4, 0.5) is 5.69 Å². The smallest absolute Gasteiger partial charge is 0.248 e. The summed E-state index contributed by atoms with van der Waals surface area (Å²) in [7, 11) is 0. The van der Waals surface area contributed by atoms with Crippen LogP contribution in [0.3, 0.4) is 0 Å². The number of rotatable bonds is 4. The van der Waals surface area contributed by atoms with E-state index < -0.39 is 5.91 Å². The lowest BCUT2D eigenvalue weighted by Crippen LogP contribution is -2.52. The van der Waals surface area contributed by atoms with Crippen LogP contribution in [0.15, 0.2) is 22.7 Å². The summed E-state index contributed by atoms with van der Waals surface area (Å²) >= 11 is 3.41. The van der Waals surface area contributed by atoms with Crippen molar-refractivity contribution >= 4 is 27.5 Å². The molecule has 1 aliphatic carbocycles. The van der Waals surface area contributed by atoms with Crippen molar-refractivity contribution in [1.82, 2.24) is 0 Å². The maximum atomic E-state index is 11.0. The summed E-state index contributed by atoms with van der Waals surface area (Å²) in [5.41, 5.74) is 12.7. The Balaban J connectivity index is 2.03. The number of carbonyl (C=O) groups excluding carboxylic acids is 1. The summed E-state index contributed by atoms with van der Waals surface area (Å²) in [5.74, 6) is -0.425. The normalized spacial score (nSPS) is 17.3. The van der Waals surface area contributed by atoms with Crippen molar-refractivity contribution in [1.29, 1.82) is 0 Å². The highest BCUT2D eigenvalue weighted by Gasteiger charge is 2.32. The van der Waals surface area contributed by atoms with Gasteiger partial charge in [-0.05, 0) is 53.4 Å². The Hall–Kier alpha value is -1.07. The topological polar surface area (TPSA) is 81.1 Å². The second-order valence-electron chi connectivity index (χ2n) is 4.63. The molecule has 0 atom stereocenters. The van der Waals surface area contributed by atoms with E-state index in [-0.39, 0.29) is 5.54 Å². The molecule has 0 heterocycles. The molecule has 5 heteroatoms. The van der Waals surface area contributed by atoms with Gasteiger partial charge >= 0.3 is 0 Å². The number of hydrogen-bond donors (Lipinski definition) is 3. The van der Waals surface area contributed by atoms with E-state index in [9.17, 15) is 4.79 Å². The number of amides is 1. The Bertz CT molecular complexity index is 443.